The lowest BCUT2D eigenvalue weighted by molar-refractivity contribution is -0.167. The van der Waals surface area contributed by atoms with E-state index in [4.69, 9.17) is 18.9 Å². The smallest absolute Gasteiger partial charge is 0.410 e. The van der Waals surface area contributed by atoms with Crippen molar-refractivity contribution in [2.75, 3.05) is 13.7 Å². The molecule has 2 fully saturated rings. The van der Waals surface area contributed by atoms with E-state index in [2.05, 4.69) is 0 Å². The quantitative estimate of drug-likeness (QED) is 0.766. The first kappa shape index (κ1) is 18.9. The zero-order chi connectivity index (χ0) is 19.3. The highest BCUT2D eigenvalue weighted by molar-refractivity contribution is 5.69. The normalized spacial score (nSPS) is 26.2. The first-order valence-electron chi connectivity index (χ1n) is 9.57. The van der Waals surface area contributed by atoms with Gasteiger partial charge in [-0.1, -0.05) is 60.7 Å². The summed E-state index contributed by atoms with van der Waals surface area (Å²) in [7, 11) is 1.60. The SMILES string of the molecule is CO[C@@H]1O[C@H]2CCN(C(=O)OCc3ccccc3)[C@@H]2[C@H]1OCc1ccccc1. The predicted molar refractivity (Wildman–Crippen MR) is 102 cm³/mol. The lowest BCUT2D eigenvalue weighted by Crippen LogP contribution is -2.47. The van der Waals surface area contributed by atoms with E-state index in [0.29, 0.717) is 13.2 Å². The molecule has 0 spiro atoms. The van der Waals surface area contributed by atoms with Crippen molar-refractivity contribution in [1.82, 2.24) is 4.90 Å². The molecule has 2 aliphatic rings. The summed E-state index contributed by atoms with van der Waals surface area (Å²) in [6.07, 6.45) is -0.554. The summed E-state index contributed by atoms with van der Waals surface area (Å²) < 4.78 is 23.1. The van der Waals surface area contributed by atoms with Crippen LogP contribution in [0, 0.1) is 0 Å². The third-order valence-electron chi connectivity index (χ3n) is 5.27. The molecule has 0 bridgehead atoms. The maximum Gasteiger partial charge on any atom is 0.410 e. The molecule has 0 aliphatic carbocycles. The summed E-state index contributed by atoms with van der Waals surface area (Å²) >= 11 is 0. The maximum absolute atomic E-state index is 12.7. The van der Waals surface area contributed by atoms with Crippen molar-refractivity contribution in [3.8, 4) is 0 Å². The Bertz CT molecular complexity index is 769. The zero-order valence-electron chi connectivity index (χ0n) is 15.9. The van der Waals surface area contributed by atoms with Crippen LogP contribution in [-0.4, -0.2) is 49.2 Å². The predicted octanol–water partition coefficient (Wildman–Crippen LogP) is 3.35. The van der Waals surface area contributed by atoms with E-state index in [1.807, 2.05) is 60.7 Å². The number of methoxy groups -OCH3 is 1. The number of benzene rings is 2. The zero-order valence-corrected chi connectivity index (χ0v) is 15.9. The minimum absolute atomic E-state index is 0.102. The van der Waals surface area contributed by atoms with E-state index >= 15 is 0 Å². The Hall–Kier alpha value is -2.41. The number of nitrogens with zero attached hydrogens (tertiary/aromatic N) is 1. The Morgan fingerprint density at radius 2 is 1.68 bits per heavy atom. The number of hydrogen-bond acceptors (Lipinski definition) is 5. The van der Waals surface area contributed by atoms with Crippen LogP contribution < -0.4 is 0 Å². The van der Waals surface area contributed by atoms with Crippen LogP contribution in [0.3, 0.4) is 0 Å². The molecular formula is C22H25NO5. The number of carbonyl (C=O) groups excluding carboxylic acids is 1. The number of rotatable bonds is 6. The summed E-state index contributed by atoms with van der Waals surface area (Å²) in [5.74, 6) is 0. The Morgan fingerprint density at radius 1 is 1.04 bits per heavy atom. The van der Waals surface area contributed by atoms with E-state index in [-0.39, 0.29) is 30.9 Å². The number of likely N-dealkylation sites (tertiary alicyclic amines) is 1. The maximum atomic E-state index is 12.7. The fraction of sp³-hybridized carbons (Fsp3) is 0.409. The van der Waals surface area contributed by atoms with Gasteiger partial charge in [0.1, 0.15) is 12.7 Å². The van der Waals surface area contributed by atoms with Gasteiger partial charge in [0, 0.05) is 13.7 Å². The van der Waals surface area contributed by atoms with Crippen molar-refractivity contribution in [3.63, 3.8) is 0 Å². The molecule has 0 unspecified atom stereocenters. The highest BCUT2D eigenvalue weighted by atomic mass is 16.7. The summed E-state index contributed by atoms with van der Waals surface area (Å²) in [6.45, 7) is 1.27. The van der Waals surface area contributed by atoms with Crippen LogP contribution in [0.25, 0.3) is 0 Å². The van der Waals surface area contributed by atoms with Crippen molar-refractivity contribution >= 4 is 6.09 Å². The lowest BCUT2D eigenvalue weighted by Gasteiger charge is -2.29. The summed E-state index contributed by atoms with van der Waals surface area (Å²) in [5.41, 5.74) is 2.03. The standard InChI is InChI=1S/C22H25NO5/c1-25-21-20(26-14-16-8-4-2-5-9-16)19-18(28-21)12-13-23(19)22(24)27-15-17-10-6-3-7-11-17/h2-11,18-21H,12-15H2,1H3/t18-,19-,20+,21+/m0/s1. The van der Waals surface area contributed by atoms with E-state index in [1.165, 1.54) is 0 Å². The third kappa shape index (κ3) is 4.04. The minimum Gasteiger partial charge on any atom is -0.445 e. The van der Waals surface area contributed by atoms with E-state index in [9.17, 15) is 4.79 Å². The van der Waals surface area contributed by atoms with Crippen molar-refractivity contribution in [2.45, 2.75) is 44.2 Å². The van der Waals surface area contributed by atoms with Crippen LogP contribution in [0.5, 0.6) is 0 Å². The Balaban J connectivity index is 1.41. The molecular weight excluding hydrogens is 358 g/mol. The second-order valence-electron chi connectivity index (χ2n) is 7.05. The van der Waals surface area contributed by atoms with Crippen molar-refractivity contribution < 1.29 is 23.7 Å². The molecule has 2 aliphatic heterocycles. The molecule has 148 valence electrons. The minimum atomic E-state index is -0.497. The van der Waals surface area contributed by atoms with Crippen LogP contribution in [-0.2, 0) is 32.2 Å². The molecule has 2 heterocycles. The van der Waals surface area contributed by atoms with Gasteiger partial charge in [-0.2, -0.15) is 0 Å². The fourth-order valence-corrected chi connectivity index (χ4v) is 3.88. The fourth-order valence-electron chi connectivity index (χ4n) is 3.88. The van der Waals surface area contributed by atoms with E-state index in [0.717, 1.165) is 17.5 Å². The van der Waals surface area contributed by atoms with Crippen molar-refractivity contribution in [3.05, 3.63) is 71.8 Å². The van der Waals surface area contributed by atoms with Gasteiger partial charge in [0.05, 0.1) is 18.8 Å². The number of amides is 1. The van der Waals surface area contributed by atoms with Crippen molar-refractivity contribution in [2.24, 2.45) is 0 Å². The molecule has 4 atom stereocenters. The average molecular weight is 383 g/mol. The summed E-state index contributed by atoms with van der Waals surface area (Å²) in [5, 5.41) is 0. The van der Waals surface area contributed by atoms with Gasteiger partial charge in [0.2, 0.25) is 0 Å². The van der Waals surface area contributed by atoms with Crippen LogP contribution >= 0.6 is 0 Å². The Labute approximate surface area is 165 Å². The van der Waals surface area contributed by atoms with E-state index in [1.54, 1.807) is 12.0 Å². The van der Waals surface area contributed by atoms with Gasteiger partial charge in [0.25, 0.3) is 0 Å². The highest BCUT2D eigenvalue weighted by Crippen LogP contribution is 2.36. The number of carbonyl (C=O) groups is 1. The molecule has 0 saturated carbocycles. The highest BCUT2D eigenvalue weighted by Gasteiger charge is 2.53. The molecule has 4 rings (SSSR count). The second-order valence-corrected chi connectivity index (χ2v) is 7.05. The van der Waals surface area contributed by atoms with Gasteiger partial charge in [-0.15, -0.1) is 0 Å². The van der Waals surface area contributed by atoms with Crippen LogP contribution in [0.15, 0.2) is 60.7 Å². The number of ether oxygens (including phenoxy) is 4. The largest absolute Gasteiger partial charge is 0.445 e. The summed E-state index contributed by atoms with van der Waals surface area (Å²) in [4.78, 5) is 14.5. The molecule has 0 aromatic heterocycles. The number of hydrogen-bond donors (Lipinski definition) is 0. The monoisotopic (exact) mass is 383 g/mol. The van der Waals surface area contributed by atoms with Crippen LogP contribution in [0.4, 0.5) is 4.79 Å². The van der Waals surface area contributed by atoms with Crippen LogP contribution in [0.1, 0.15) is 17.5 Å². The Kier molecular flexibility index (Phi) is 5.90. The molecule has 2 saturated heterocycles. The molecule has 0 N–H and O–H groups in total. The van der Waals surface area contributed by atoms with E-state index < -0.39 is 6.29 Å². The first-order valence-corrected chi connectivity index (χ1v) is 9.57. The molecule has 0 radical (unpaired) electrons. The Morgan fingerprint density at radius 3 is 2.32 bits per heavy atom. The van der Waals surface area contributed by atoms with Crippen molar-refractivity contribution in [1.29, 1.82) is 0 Å². The van der Waals surface area contributed by atoms with Crippen LogP contribution in [0.2, 0.25) is 0 Å². The topological polar surface area (TPSA) is 57.2 Å². The molecule has 28 heavy (non-hydrogen) atoms. The average Bonchev–Trinajstić information content (AvgIpc) is 3.31. The molecule has 2 aromatic rings. The lowest BCUT2D eigenvalue weighted by atomic mass is 10.1. The molecule has 1 amide bonds. The summed E-state index contributed by atoms with van der Waals surface area (Å²) in [6, 6.07) is 19.4. The number of fused-ring (bicyclic) bond motifs is 1. The van der Waals surface area contributed by atoms with Gasteiger partial charge in [0.15, 0.2) is 6.29 Å². The molecule has 6 nitrogen and oxygen atoms in total. The molecule has 6 heteroatoms. The van der Waals surface area contributed by atoms with Gasteiger partial charge in [-0.3, -0.25) is 4.90 Å². The van der Waals surface area contributed by atoms with Gasteiger partial charge in [-0.05, 0) is 17.5 Å². The van der Waals surface area contributed by atoms with Gasteiger partial charge in [-0.25, -0.2) is 4.79 Å². The third-order valence-corrected chi connectivity index (χ3v) is 5.27. The second kappa shape index (κ2) is 8.73. The van der Waals surface area contributed by atoms with Gasteiger partial charge < -0.3 is 18.9 Å². The molecule has 2 aromatic carbocycles. The van der Waals surface area contributed by atoms with Gasteiger partial charge >= 0.3 is 6.09 Å². The first-order chi connectivity index (χ1) is 13.8.